The van der Waals surface area contributed by atoms with E-state index < -0.39 is 5.92 Å². The zero-order valence-corrected chi connectivity index (χ0v) is 17.6. The number of benzene rings is 1. The number of methoxy groups -OCH3 is 1. The second kappa shape index (κ2) is 10.9. The average Bonchev–Trinajstić information content (AvgIpc) is 3.21. The molecule has 0 radical (unpaired) electrons. The molecule has 2 heterocycles. The van der Waals surface area contributed by atoms with E-state index in [4.69, 9.17) is 4.74 Å². The minimum Gasteiger partial charge on any atom is -0.469 e. The Morgan fingerprint density at radius 3 is 2.79 bits per heavy atom. The summed E-state index contributed by atoms with van der Waals surface area (Å²) in [4.78, 5) is 24.6. The lowest BCUT2D eigenvalue weighted by molar-refractivity contribution is -0.145. The Morgan fingerprint density at radius 1 is 1.34 bits per heavy atom. The minimum atomic E-state index is -0.463. The number of rotatable bonds is 7. The Hall–Kier alpha value is -2.45. The topological polar surface area (TPSA) is 98.1 Å². The zero-order chi connectivity index (χ0) is 19.9. The molecule has 0 spiro atoms. The molecule has 2 N–H and O–H groups in total. The van der Waals surface area contributed by atoms with Crippen molar-refractivity contribution < 1.29 is 14.3 Å². The van der Waals surface area contributed by atoms with Gasteiger partial charge in [0.25, 0.3) is 5.91 Å². The molecule has 0 bridgehead atoms. The molecular weight excluding hydrogens is 394 g/mol. The standard InChI is InChI=1S/C20H27N5O3.ClH/c1-14-4-3-5-15(10-14)11-16(20(27)28-2)12-22-19(26)18-13-25(24-23-18)17-6-8-21-9-7-17;/h3-5,10,13,16-17,21H,6-9,11-12H2,1-2H3,(H,22,26);1H. The Bertz CT molecular complexity index is 820. The molecule has 1 aliphatic rings. The van der Waals surface area contributed by atoms with Gasteiger partial charge >= 0.3 is 5.97 Å². The fraction of sp³-hybridized carbons (Fsp3) is 0.500. The molecule has 1 saturated heterocycles. The van der Waals surface area contributed by atoms with Crippen molar-refractivity contribution >= 4 is 24.3 Å². The Balaban J connectivity index is 0.00000300. The van der Waals surface area contributed by atoms with E-state index >= 15 is 0 Å². The molecule has 2 aromatic rings. The van der Waals surface area contributed by atoms with Gasteiger partial charge in [0.2, 0.25) is 0 Å². The first-order valence-corrected chi connectivity index (χ1v) is 9.61. The first kappa shape index (κ1) is 22.8. The van der Waals surface area contributed by atoms with Crippen molar-refractivity contribution in [1.82, 2.24) is 25.6 Å². The molecule has 3 rings (SSSR count). The molecule has 1 aromatic heterocycles. The van der Waals surface area contributed by atoms with Gasteiger partial charge in [-0.3, -0.25) is 9.59 Å². The van der Waals surface area contributed by atoms with E-state index in [-0.39, 0.29) is 42.6 Å². The van der Waals surface area contributed by atoms with Crippen LogP contribution < -0.4 is 10.6 Å². The highest BCUT2D eigenvalue weighted by atomic mass is 35.5. The van der Waals surface area contributed by atoms with Gasteiger partial charge in [-0.25, -0.2) is 4.68 Å². The molecule has 1 aliphatic heterocycles. The lowest BCUT2D eigenvalue weighted by Crippen LogP contribution is -2.35. The minimum absolute atomic E-state index is 0. The van der Waals surface area contributed by atoms with Crippen molar-refractivity contribution in [2.75, 3.05) is 26.7 Å². The number of nitrogens with one attached hydrogen (secondary N) is 2. The highest BCUT2D eigenvalue weighted by Crippen LogP contribution is 2.17. The summed E-state index contributed by atoms with van der Waals surface area (Å²) in [6.45, 7) is 4.06. The highest BCUT2D eigenvalue weighted by molar-refractivity contribution is 5.92. The summed E-state index contributed by atoms with van der Waals surface area (Å²) in [5.74, 6) is -1.14. The second-order valence-electron chi connectivity index (χ2n) is 7.19. The quantitative estimate of drug-likeness (QED) is 0.660. The summed E-state index contributed by atoms with van der Waals surface area (Å²) in [5, 5.41) is 14.2. The number of halogens is 1. The third-order valence-corrected chi connectivity index (χ3v) is 5.03. The highest BCUT2D eigenvalue weighted by Gasteiger charge is 2.23. The molecule has 9 heteroatoms. The molecule has 29 heavy (non-hydrogen) atoms. The SMILES string of the molecule is COC(=O)C(CNC(=O)c1cn(C2CCNCC2)nn1)Cc1cccc(C)c1.Cl. The molecule has 1 fully saturated rings. The van der Waals surface area contributed by atoms with Gasteiger partial charge in [0.05, 0.1) is 25.3 Å². The lowest BCUT2D eigenvalue weighted by atomic mass is 9.98. The van der Waals surface area contributed by atoms with Crippen LogP contribution in [0.2, 0.25) is 0 Å². The first-order valence-electron chi connectivity index (χ1n) is 9.61. The molecule has 8 nitrogen and oxygen atoms in total. The van der Waals surface area contributed by atoms with Crippen molar-refractivity contribution in [3.63, 3.8) is 0 Å². The summed E-state index contributed by atoms with van der Waals surface area (Å²) in [6.07, 6.45) is 4.10. The first-order chi connectivity index (χ1) is 13.6. The Labute approximate surface area is 176 Å². The zero-order valence-electron chi connectivity index (χ0n) is 16.8. The second-order valence-corrected chi connectivity index (χ2v) is 7.19. The van der Waals surface area contributed by atoms with Crippen LogP contribution in [0, 0.1) is 12.8 Å². The Kier molecular flexibility index (Phi) is 8.60. The predicted molar refractivity (Wildman–Crippen MR) is 111 cm³/mol. The number of aryl methyl sites for hydroxylation is 1. The number of amides is 1. The normalized spacial score (nSPS) is 15.2. The predicted octanol–water partition coefficient (Wildman–Crippen LogP) is 1.69. The lowest BCUT2D eigenvalue weighted by Gasteiger charge is -2.22. The van der Waals surface area contributed by atoms with Crippen LogP contribution in [0.25, 0.3) is 0 Å². The van der Waals surface area contributed by atoms with E-state index in [0.717, 1.165) is 37.1 Å². The van der Waals surface area contributed by atoms with Gasteiger partial charge in [0, 0.05) is 6.54 Å². The molecule has 1 atom stereocenters. The van der Waals surface area contributed by atoms with E-state index in [9.17, 15) is 9.59 Å². The fourth-order valence-electron chi connectivity index (χ4n) is 3.47. The van der Waals surface area contributed by atoms with E-state index in [1.807, 2.05) is 31.2 Å². The van der Waals surface area contributed by atoms with Crippen LogP contribution in [-0.2, 0) is 16.0 Å². The third kappa shape index (κ3) is 6.27. The van der Waals surface area contributed by atoms with Crippen molar-refractivity contribution in [2.45, 2.75) is 32.2 Å². The number of ether oxygens (including phenoxy) is 1. The van der Waals surface area contributed by atoms with Gasteiger partial charge in [-0.2, -0.15) is 0 Å². The molecular formula is C20H28ClN5O3. The largest absolute Gasteiger partial charge is 0.469 e. The van der Waals surface area contributed by atoms with Crippen LogP contribution in [-0.4, -0.2) is 53.6 Å². The van der Waals surface area contributed by atoms with Crippen molar-refractivity contribution in [3.8, 4) is 0 Å². The number of esters is 1. The van der Waals surface area contributed by atoms with Gasteiger partial charge in [0.1, 0.15) is 0 Å². The van der Waals surface area contributed by atoms with Crippen molar-refractivity contribution in [1.29, 1.82) is 0 Å². The van der Waals surface area contributed by atoms with Crippen LogP contribution in [0.15, 0.2) is 30.5 Å². The van der Waals surface area contributed by atoms with Crippen LogP contribution in [0.4, 0.5) is 0 Å². The number of hydrogen-bond acceptors (Lipinski definition) is 6. The molecule has 1 unspecified atom stereocenters. The smallest absolute Gasteiger partial charge is 0.310 e. The monoisotopic (exact) mass is 421 g/mol. The summed E-state index contributed by atoms with van der Waals surface area (Å²) in [5.41, 5.74) is 2.42. The maximum atomic E-state index is 12.5. The van der Waals surface area contributed by atoms with E-state index in [2.05, 4.69) is 20.9 Å². The molecule has 1 aromatic carbocycles. The van der Waals surface area contributed by atoms with Crippen LogP contribution in [0.5, 0.6) is 0 Å². The van der Waals surface area contributed by atoms with Gasteiger partial charge in [-0.05, 0) is 44.8 Å². The number of piperidine rings is 1. The molecule has 1 amide bonds. The van der Waals surface area contributed by atoms with Crippen LogP contribution in [0.1, 0.15) is 40.5 Å². The summed E-state index contributed by atoms with van der Waals surface area (Å²) in [7, 11) is 1.36. The van der Waals surface area contributed by atoms with E-state index in [1.54, 1.807) is 10.9 Å². The number of carbonyl (C=O) groups excluding carboxylic acids is 2. The number of carbonyl (C=O) groups is 2. The average molecular weight is 422 g/mol. The summed E-state index contributed by atoms with van der Waals surface area (Å²) >= 11 is 0. The Morgan fingerprint density at radius 2 is 2.10 bits per heavy atom. The number of aromatic nitrogens is 3. The van der Waals surface area contributed by atoms with Crippen molar-refractivity contribution in [2.24, 2.45) is 5.92 Å². The number of nitrogens with zero attached hydrogens (tertiary/aromatic N) is 3. The maximum absolute atomic E-state index is 12.5. The van der Waals surface area contributed by atoms with Crippen molar-refractivity contribution in [3.05, 3.63) is 47.3 Å². The van der Waals surface area contributed by atoms with Gasteiger partial charge in [-0.15, -0.1) is 17.5 Å². The molecule has 0 saturated carbocycles. The molecule has 158 valence electrons. The maximum Gasteiger partial charge on any atom is 0.310 e. The van der Waals surface area contributed by atoms with E-state index in [0.29, 0.717) is 6.42 Å². The number of hydrogen-bond donors (Lipinski definition) is 2. The fourth-order valence-corrected chi connectivity index (χ4v) is 3.47. The van der Waals surface area contributed by atoms with Gasteiger partial charge in [0.15, 0.2) is 5.69 Å². The van der Waals surface area contributed by atoms with Gasteiger partial charge < -0.3 is 15.4 Å². The third-order valence-electron chi connectivity index (χ3n) is 5.03. The van der Waals surface area contributed by atoms with Crippen LogP contribution in [0.3, 0.4) is 0 Å². The van der Waals surface area contributed by atoms with Gasteiger partial charge in [-0.1, -0.05) is 35.0 Å². The molecule has 0 aliphatic carbocycles. The summed E-state index contributed by atoms with van der Waals surface area (Å²) < 4.78 is 6.67. The van der Waals surface area contributed by atoms with E-state index in [1.165, 1.54) is 7.11 Å². The summed E-state index contributed by atoms with van der Waals surface area (Å²) in [6, 6.07) is 8.22. The van der Waals surface area contributed by atoms with Crippen LogP contribution >= 0.6 is 12.4 Å².